The van der Waals surface area contributed by atoms with Gasteiger partial charge in [0.05, 0.1) is 12.5 Å². The fourth-order valence-corrected chi connectivity index (χ4v) is 2.82. The van der Waals surface area contributed by atoms with Gasteiger partial charge in [0.15, 0.2) is 0 Å². The summed E-state index contributed by atoms with van der Waals surface area (Å²) in [6.45, 7) is 5.18. The molecule has 1 aromatic rings. The average molecular weight is 337 g/mol. The van der Waals surface area contributed by atoms with Crippen LogP contribution in [0.25, 0.3) is 0 Å². The van der Waals surface area contributed by atoms with E-state index in [1.165, 1.54) is 19.8 Å². The highest BCUT2D eigenvalue weighted by atomic mass is 35.5. The first-order valence-corrected chi connectivity index (χ1v) is 8.67. The van der Waals surface area contributed by atoms with Crippen molar-refractivity contribution in [3.8, 4) is 0 Å². The third kappa shape index (κ3) is 5.87. The molecule has 0 heterocycles. The smallest absolute Gasteiger partial charge is 0.224 e. The van der Waals surface area contributed by atoms with Crippen LogP contribution < -0.4 is 5.32 Å². The molecule has 1 N–H and O–H groups in total. The minimum atomic E-state index is -0.309. The van der Waals surface area contributed by atoms with E-state index in [-0.39, 0.29) is 24.3 Å². The molecule has 1 atom stereocenters. The highest BCUT2D eigenvalue weighted by Crippen LogP contribution is 2.30. The third-order valence-corrected chi connectivity index (χ3v) is 4.30. The van der Waals surface area contributed by atoms with Crippen molar-refractivity contribution in [2.24, 2.45) is 5.92 Å². The lowest BCUT2D eigenvalue weighted by atomic mass is 10.0. The van der Waals surface area contributed by atoms with Gasteiger partial charge in [0.2, 0.25) is 11.8 Å². The minimum absolute atomic E-state index is 0.104. The van der Waals surface area contributed by atoms with Gasteiger partial charge in [0.1, 0.15) is 0 Å². The predicted molar refractivity (Wildman–Crippen MR) is 92.2 cm³/mol. The van der Waals surface area contributed by atoms with Crippen molar-refractivity contribution < 1.29 is 9.59 Å². The number of nitrogens with one attached hydrogen (secondary N) is 1. The fraction of sp³-hybridized carbons (Fsp3) is 0.556. The van der Waals surface area contributed by atoms with Gasteiger partial charge in [0, 0.05) is 25.0 Å². The Labute approximate surface area is 143 Å². The lowest BCUT2D eigenvalue weighted by molar-refractivity contribution is -0.132. The van der Waals surface area contributed by atoms with Crippen molar-refractivity contribution >= 4 is 23.4 Å². The summed E-state index contributed by atoms with van der Waals surface area (Å²) in [5, 5.41) is 3.52. The molecular formula is C18H25ClN2O2. The molecule has 1 aliphatic rings. The third-order valence-electron chi connectivity index (χ3n) is 4.05. The van der Waals surface area contributed by atoms with Crippen LogP contribution in [-0.4, -0.2) is 29.8 Å². The summed E-state index contributed by atoms with van der Waals surface area (Å²) in [4.78, 5) is 26.1. The molecule has 2 rings (SSSR count). The number of amides is 2. The van der Waals surface area contributed by atoms with Crippen molar-refractivity contribution in [1.29, 1.82) is 0 Å². The van der Waals surface area contributed by atoms with Crippen molar-refractivity contribution in [3.05, 3.63) is 34.9 Å². The molecule has 23 heavy (non-hydrogen) atoms. The Morgan fingerprint density at radius 2 is 1.96 bits per heavy atom. The maximum Gasteiger partial charge on any atom is 0.224 e. The Kier molecular flexibility index (Phi) is 6.46. The molecule has 126 valence electrons. The number of carbonyl (C=O) groups excluding carboxylic acids is 2. The first kappa shape index (κ1) is 17.8. The molecule has 0 spiro atoms. The van der Waals surface area contributed by atoms with Crippen molar-refractivity contribution in [1.82, 2.24) is 10.2 Å². The van der Waals surface area contributed by atoms with Gasteiger partial charge in [-0.1, -0.05) is 30.7 Å². The van der Waals surface area contributed by atoms with Crippen molar-refractivity contribution in [2.75, 3.05) is 13.1 Å². The van der Waals surface area contributed by atoms with Crippen molar-refractivity contribution in [3.63, 3.8) is 0 Å². The summed E-state index contributed by atoms with van der Waals surface area (Å²) < 4.78 is 0. The van der Waals surface area contributed by atoms with Gasteiger partial charge in [0.25, 0.3) is 0 Å². The van der Waals surface area contributed by atoms with E-state index in [2.05, 4.69) is 12.2 Å². The van der Waals surface area contributed by atoms with E-state index < -0.39 is 0 Å². The summed E-state index contributed by atoms with van der Waals surface area (Å²) in [5.74, 6) is 0.634. The van der Waals surface area contributed by atoms with E-state index in [0.29, 0.717) is 10.9 Å². The maximum absolute atomic E-state index is 12.7. The van der Waals surface area contributed by atoms with E-state index in [1.54, 1.807) is 12.1 Å². The van der Waals surface area contributed by atoms with Crippen LogP contribution in [0.4, 0.5) is 0 Å². The maximum atomic E-state index is 12.7. The molecule has 0 bridgehead atoms. The van der Waals surface area contributed by atoms with Crippen LogP contribution in [0.3, 0.4) is 0 Å². The molecule has 1 saturated carbocycles. The van der Waals surface area contributed by atoms with Crippen LogP contribution >= 0.6 is 11.6 Å². The molecule has 2 amide bonds. The van der Waals surface area contributed by atoms with Gasteiger partial charge in [-0.25, -0.2) is 0 Å². The summed E-state index contributed by atoms with van der Waals surface area (Å²) in [6, 6.07) is 6.98. The zero-order chi connectivity index (χ0) is 16.8. The molecule has 0 radical (unpaired) electrons. The predicted octanol–water partition coefficient (Wildman–Crippen LogP) is 3.56. The van der Waals surface area contributed by atoms with Gasteiger partial charge in [-0.15, -0.1) is 0 Å². The molecule has 4 nitrogen and oxygen atoms in total. The zero-order valence-electron chi connectivity index (χ0n) is 13.8. The van der Waals surface area contributed by atoms with E-state index in [1.807, 2.05) is 17.0 Å². The highest BCUT2D eigenvalue weighted by Gasteiger charge is 2.28. The van der Waals surface area contributed by atoms with E-state index in [4.69, 9.17) is 11.6 Å². The van der Waals surface area contributed by atoms with Crippen LogP contribution in [0.5, 0.6) is 0 Å². The number of rotatable bonds is 8. The Bertz CT molecular complexity index is 540. The lowest BCUT2D eigenvalue weighted by Crippen LogP contribution is -2.37. The SMILES string of the molecule is CCCN(CC1CC1)C(=O)CC(NC(C)=O)c1ccc(Cl)cc1. The number of carbonyl (C=O) groups is 2. The number of halogens is 1. The molecule has 1 aromatic carbocycles. The molecule has 1 fully saturated rings. The van der Waals surface area contributed by atoms with Crippen LogP contribution in [-0.2, 0) is 9.59 Å². The molecule has 1 unspecified atom stereocenters. The van der Waals surface area contributed by atoms with E-state index >= 15 is 0 Å². The van der Waals surface area contributed by atoms with Crippen LogP contribution in [0.2, 0.25) is 5.02 Å². The number of nitrogens with zero attached hydrogens (tertiary/aromatic N) is 1. The number of hydrogen-bond acceptors (Lipinski definition) is 2. The first-order valence-electron chi connectivity index (χ1n) is 8.30. The molecule has 0 saturated heterocycles. The summed E-state index contributed by atoms with van der Waals surface area (Å²) in [5.41, 5.74) is 0.904. The van der Waals surface area contributed by atoms with Crippen LogP contribution in [0.1, 0.15) is 51.1 Å². The Hall–Kier alpha value is -1.55. The Morgan fingerprint density at radius 1 is 1.30 bits per heavy atom. The standard InChI is InChI=1S/C18H25ClN2O2/c1-3-10-21(12-14-4-5-14)18(23)11-17(20-13(2)22)15-6-8-16(19)9-7-15/h6-9,14,17H,3-5,10-12H2,1-2H3,(H,20,22). The van der Waals surface area contributed by atoms with Gasteiger partial charge in [-0.05, 0) is 42.9 Å². The summed E-state index contributed by atoms with van der Waals surface area (Å²) in [6.07, 6.45) is 3.68. The normalized spacial score (nSPS) is 15.1. The molecular weight excluding hydrogens is 312 g/mol. The van der Waals surface area contributed by atoms with E-state index in [9.17, 15) is 9.59 Å². The zero-order valence-corrected chi connectivity index (χ0v) is 14.6. The van der Waals surface area contributed by atoms with E-state index in [0.717, 1.165) is 25.1 Å². The lowest BCUT2D eigenvalue weighted by Gasteiger charge is -2.25. The largest absolute Gasteiger partial charge is 0.349 e. The summed E-state index contributed by atoms with van der Waals surface area (Å²) >= 11 is 5.92. The number of hydrogen-bond donors (Lipinski definition) is 1. The second-order valence-corrected chi connectivity index (χ2v) is 6.73. The molecule has 5 heteroatoms. The quantitative estimate of drug-likeness (QED) is 0.789. The van der Waals surface area contributed by atoms with Crippen LogP contribution in [0.15, 0.2) is 24.3 Å². The second-order valence-electron chi connectivity index (χ2n) is 6.29. The molecule has 0 aromatic heterocycles. The average Bonchev–Trinajstić information content (AvgIpc) is 3.30. The Balaban J connectivity index is 2.06. The Morgan fingerprint density at radius 3 is 2.48 bits per heavy atom. The minimum Gasteiger partial charge on any atom is -0.349 e. The highest BCUT2D eigenvalue weighted by molar-refractivity contribution is 6.30. The fourth-order valence-electron chi connectivity index (χ4n) is 2.70. The van der Waals surface area contributed by atoms with Gasteiger partial charge in [-0.3, -0.25) is 9.59 Å². The van der Waals surface area contributed by atoms with Crippen LogP contribution in [0, 0.1) is 5.92 Å². The topological polar surface area (TPSA) is 49.4 Å². The van der Waals surface area contributed by atoms with Gasteiger partial charge in [-0.2, -0.15) is 0 Å². The monoisotopic (exact) mass is 336 g/mol. The molecule has 1 aliphatic carbocycles. The second kappa shape index (κ2) is 8.34. The van der Waals surface area contributed by atoms with Gasteiger partial charge >= 0.3 is 0 Å². The number of benzene rings is 1. The first-order chi connectivity index (χ1) is 11.0. The summed E-state index contributed by atoms with van der Waals surface area (Å²) in [7, 11) is 0. The molecule has 0 aliphatic heterocycles. The van der Waals surface area contributed by atoms with Crippen molar-refractivity contribution in [2.45, 2.75) is 45.6 Å². The van der Waals surface area contributed by atoms with Gasteiger partial charge < -0.3 is 10.2 Å².